The van der Waals surface area contributed by atoms with E-state index >= 15 is 0 Å². The molecule has 3 rings (SSSR count). The van der Waals surface area contributed by atoms with Crippen LogP contribution in [-0.4, -0.2) is 42.4 Å². The monoisotopic (exact) mass is 461 g/mol. The predicted molar refractivity (Wildman–Crippen MR) is 135 cm³/mol. The number of carbonyl (C=O) groups excluding carboxylic acids is 1. The van der Waals surface area contributed by atoms with Crippen LogP contribution in [0.3, 0.4) is 0 Å². The Morgan fingerprint density at radius 2 is 1.74 bits per heavy atom. The Bertz CT molecular complexity index is 1060. The number of para-hydroxylation sites is 1. The fourth-order valence-electron chi connectivity index (χ4n) is 4.07. The molecule has 2 aromatic carbocycles. The molecule has 1 N–H and O–H groups in total. The molecular weight excluding hydrogens is 429 g/mol. The van der Waals surface area contributed by atoms with E-state index in [1.165, 1.54) is 0 Å². The van der Waals surface area contributed by atoms with Crippen LogP contribution in [0.2, 0.25) is 0 Å². The molecule has 178 valence electrons. The number of furan rings is 1. The van der Waals surface area contributed by atoms with E-state index in [9.17, 15) is 9.59 Å². The number of hydrogen-bond acceptors (Lipinski definition) is 4. The Labute approximate surface area is 201 Å². The van der Waals surface area contributed by atoms with Crippen molar-refractivity contribution >= 4 is 19.7 Å². The zero-order valence-corrected chi connectivity index (χ0v) is 20.1. The van der Waals surface area contributed by atoms with Gasteiger partial charge in [0.1, 0.15) is 19.4 Å². The Balaban J connectivity index is 1.71. The van der Waals surface area contributed by atoms with Crippen LogP contribution in [0.15, 0.2) is 71.3 Å². The Morgan fingerprint density at radius 1 is 1.00 bits per heavy atom. The maximum absolute atomic E-state index is 13.5. The molecule has 3 aromatic rings. The molecule has 34 heavy (non-hydrogen) atoms. The van der Waals surface area contributed by atoms with Crippen molar-refractivity contribution in [3.63, 3.8) is 0 Å². The minimum Gasteiger partial charge on any atom is -0.493 e. The Morgan fingerprint density at radius 3 is 2.38 bits per heavy atom. The van der Waals surface area contributed by atoms with Crippen molar-refractivity contribution in [3.05, 3.63) is 78.1 Å². The zero-order chi connectivity index (χ0) is 24.5. The molecule has 0 aliphatic heterocycles. The highest BCUT2D eigenvalue weighted by Gasteiger charge is 2.27. The largest absolute Gasteiger partial charge is 0.493 e. The molecule has 0 saturated carbocycles. The lowest BCUT2D eigenvalue weighted by Crippen LogP contribution is -2.40. The number of carbonyl (C=O) groups is 2. The number of aliphatic carboxylic acids is 1. The van der Waals surface area contributed by atoms with Gasteiger partial charge in [0, 0.05) is 35.1 Å². The lowest BCUT2D eigenvalue weighted by atomic mass is 9.85. The summed E-state index contributed by atoms with van der Waals surface area (Å²) in [7, 11) is 2.02. The molecule has 0 saturated heterocycles. The third-order valence-corrected chi connectivity index (χ3v) is 5.81. The summed E-state index contributed by atoms with van der Waals surface area (Å²) in [5, 5.41) is 8.76. The minimum atomic E-state index is -0.769. The van der Waals surface area contributed by atoms with Gasteiger partial charge in [0.15, 0.2) is 0 Å². The van der Waals surface area contributed by atoms with E-state index in [2.05, 4.69) is 0 Å². The van der Waals surface area contributed by atoms with Gasteiger partial charge in [-0.05, 0) is 63.4 Å². The SMILES string of the molecule is BC(c1ccccc1OCCCCCC(=O)O)N(C(=O)c1ccc(-c2ccco2)cc1)C(C)C. The van der Waals surface area contributed by atoms with Gasteiger partial charge in [0.05, 0.1) is 12.9 Å². The summed E-state index contributed by atoms with van der Waals surface area (Å²) >= 11 is 0. The van der Waals surface area contributed by atoms with Gasteiger partial charge in [-0.3, -0.25) is 9.59 Å². The lowest BCUT2D eigenvalue weighted by molar-refractivity contribution is -0.137. The highest BCUT2D eigenvalue weighted by Crippen LogP contribution is 2.30. The van der Waals surface area contributed by atoms with Gasteiger partial charge < -0.3 is 19.2 Å². The predicted octanol–water partition coefficient (Wildman–Crippen LogP) is 5.15. The summed E-state index contributed by atoms with van der Waals surface area (Å²) in [5.74, 6) is 0.508. The molecule has 6 nitrogen and oxygen atoms in total. The summed E-state index contributed by atoms with van der Waals surface area (Å²) in [4.78, 5) is 26.0. The van der Waals surface area contributed by atoms with Gasteiger partial charge in [0.25, 0.3) is 5.91 Å². The number of benzene rings is 2. The maximum atomic E-state index is 13.5. The average molecular weight is 461 g/mol. The molecule has 1 amide bonds. The Kier molecular flexibility index (Phi) is 8.97. The van der Waals surface area contributed by atoms with Gasteiger partial charge in [-0.15, -0.1) is 0 Å². The molecule has 0 aliphatic carbocycles. The van der Waals surface area contributed by atoms with Crippen molar-refractivity contribution in [2.24, 2.45) is 0 Å². The van der Waals surface area contributed by atoms with Crippen molar-refractivity contribution in [2.75, 3.05) is 6.61 Å². The molecule has 0 fully saturated rings. The van der Waals surface area contributed by atoms with Crippen molar-refractivity contribution < 1.29 is 23.8 Å². The number of rotatable bonds is 12. The molecule has 1 aromatic heterocycles. The topological polar surface area (TPSA) is 80.0 Å². The van der Waals surface area contributed by atoms with Crippen molar-refractivity contribution in [1.29, 1.82) is 0 Å². The van der Waals surface area contributed by atoms with E-state index in [-0.39, 0.29) is 24.3 Å². The standard InChI is InChI=1S/C27H32BNO5/c1-19(2)29(27(32)21-15-13-20(14-16-21)23-11-8-18-33-23)26(28)22-9-5-6-10-24(22)34-17-7-3-4-12-25(30)31/h5-6,8-11,13-16,18-19,26H,3-4,7,12,17,28H2,1-2H3,(H,30,31). The number of hydrogen-bond donors (Lipinski definition) is 1. The van der Waals surface area contributed by atoms with Crippen LogP contribution in [0.1, 0.15) is 61.4 Å². The minimum absolute atomic E-state index is 0.0173. The van der Waals surface area contributed by atoms with E-state index in [0.29, 0.717) is 18.6 Å². The van der Waals surface area contributed by atoms with E-state index in [4.69, 9.17) is 14.3 Å². The number of carboxylic acids is 1. The average Bonchev–Trinajstić information content (AvgIpc) is 3.36. The van der Waals surface area contributed by atoms with E-state index < -0.39 is 5.97 Å². The third kappa shape index (κ3) is 6.53. The van der Waals surface area contributed by atoms with E-state index in [0.717, 1.165) is 35.5 Å². The number of nitrogens with zero attached hydrogens (tertiary/aromatic N) is 1. The lowest BCUT2D eigenvalue weighted by Gasteiger charge is -2.34. The normalized spacial score (nSPS) is 11.9. The van der Waals surface area contributed by atoms with Crippen molar-refractivity contribution in [1.82, 2.24) is 4.90 Å². The first-order valence-electron chi connectivity index (χ1n) is 11.8. The van der Waals surface area contributed by atoms with Crippen LogP contribution in [-0.2, 0) is 4.79 Å². The van der Waals surface area contributed by atoms with Gasteiger partial charge in [-0.25, -0.2) is 0 Å². The van der Waals surface area contributed by atoms with E-state index in [1.807, 2.05) is 87.3 Å². The van der Waals surface area contributed by atoms with Crippen LogP contribution in [0, 0.1) is 0 Å². The zero-order valence-electron chi connectivity index (χ0n) is 20.1. The first-order chi connectivity index (χ1) is 16.4. The molecule has 7 heteroatoms. The summed E-state index contributed by atoms with van der Waals surface area (Å²) in [6.45, 7) is 4.53. The molecule has 0 spiro atoms. The highest BCUT2D eigenvalue weighted by atomic mass is 16.5. The van der Waals surface area contributed by atoms with Crippen molar-refractivity contribution in [3.8, 4) is 17.1 Å². The first kappa shape index (κ1) is 25.2. The summed E-state index contributed by atoms with van der Waals surface area (Å²) in [6, 6.07) is 19.0. The fraction of sp³-hybridized carbons (Fsp3) is 0.333. The molecular formula is C27H32BNO5. The number of carboxylic acid groups (broad SMARTS) is 1. The quantitative estimate of drug-likeness (QED) is 0.298. The highest BCUT2D eigenvalue weighted by molar-refractivity contribution is 6.14. The summed E-state index contributed by atoms with van der Waals surface area (Å²) < 4.78 is 11.5. The summed E-state index contributed by atoms with van der Waals surface area (Å²) in [6.07, 6.45) is 4.04. The van der Waals surface area contributed by atoms with Gasteiger partial charge >= 0.3 is 5.97 Å². The molecule has 1 heterocycles. The summed E-state index contributed by atoms with van der Waals surface area (Å²) in [5.41, 5.74) is 2.49. The second-order valence-corrected chi connectivity index (χ2v) is 8.63. The van der Waals surface area contributed by atoms with Crippen LogP contribution >= 0.6 is 0 Å². The van der Waals surface area contributed by atoms with Crippen LogP contribution in [0.25, 0.3) is 11.3 Å². The third-order valence-electron chi connectivity index (χ3n) is 5.81. The van der Waals surface area contributed by atoms with Gasteiger partial charge in [0.2, 0.25) is 0 Å². The van der Waals surface area contributed by atoms with E-state index in [1.54, 1.807) is 6.26 Å². The van der Waals surface area contributed by atoms with Crippen LogP contribution in [0.4, 0.5) is 0 Å². The first-order valence-corrected chi connectivity index (χ1v) is 11.8. The smallest absolute Gasteiger partial charge is 0.303 e. The molecule has 0 aliphatic rings. The van der Waals surface area contributed by atoms with Crippen LogP contribution < -0.4 is 4.74 Å². The maximum Gasteiger partial charge on any atom is 0.303 e. The second-order valence-electron chi connectivity index (χ2n) is 8.63. The second kappa shape index (κ2) is 12.1. The number of unbranched alkanes of at least 4 members (excludes halogenated alkanes) is 2. The molecule has 1 atom stereocenters. The van der Waals surface area contributed by atoms with Crippen molar-refractivity contribution in [2.45, 2.75) is 51.5 Å². The number of ether oxygens (including phenoxy) is 1. The fourth-order valence-corrected chi connectivity index (χ4v) is 4.07. The number of amides is 1. The molecule has 0 radical (unpaired) electrons. The Hall–Kier alpha value is -3.48. The van der Waals surface area contributed by atoms with Crippen LogP contribution in [0.5, 0.6) is 5.75 Å². The van der Waals surface area contributed by atoms with Gasteiger partial charge in [-0.2, -0.15) is 0 Å². The molecule has 1 unspecified atom stereocenters. The molecule has 0 bridgehead atoms. The van der Waals surface area contributed by atoms with Gasteiger partial charge in [-0.1, -0.05) is 30.3 Å².